The van der Waals surface area contributed by atoms with Gasteiger partial charge in [0.25, 0.3) is 0 Å². The average Bonchev–Trinajstić information content (AvgIpc) is 3.61. The third kappa shape index (κ3) is 6.25. The van der Waals surface area contributed by atoms with E-state index in [9.17, 15) is 23.4 Å². The van der Waals surface area contributed by atoms with Crippen LogP contribution in [0.3, 0.4) is 0 Å². The molecule has 9 rings (SSSR count). The maximum atomic E-state index is 17.1. The fraction of sp³-hybridized carbons (Fsp3) is 0.595. The van der Waals surface area contributed by atoms with Gasteiger partial charge in [-0.1, -0.05) is 19.4 Å². The van der Waals surface area contributed by atoms with Crippen molar-refractivity contribution >= 4 is 27.5 Å². The molecule has 0 bridgehead atoms. The molecule has 14 heteroatoms. The summed E-state index contributed by atoms with van der Waals surface area (Å²) in [6, 6.07) is 6.25. The van der Waals surface area contributed by atoms with Gasteiger partial charge in [0.1, 0.15) is 28.6 Å². The molecule has 1 spiro atoms. The number of hydrogen-bond acceptors (Lipinski definition) is 9. The number of aliphatic hydroxyl groups is 1. The van der Waals surface area contributed by atoms with E-state index in [0.29, 0.717) is 33.8 Å². The molecule has 2 aromatic heterocycles. The zero-order valence-electron chi connectivity index (χ0n) is 31.6. The lowest BCUT2D eigenvalue weighted by Crippen LogP contribution is -2.61. The summed E-state index contributed by atoms with van der Waals surface area (Å²) < 4.78 is 86.9. The van der Waals surface area contributed by atoms with E-state index >= 15 is 8.78 Å². The predicted molar refractivity (Wildman–Crippen MR) is 201 cm³/mol. The number of benzene rings is 2. The molecule has 9 nitrogen and oxygen atoms in total. The zero-order valence-corrected chi connectivity index (χ0v) is 31.6. The number of nitrogens with zero attached hydrogens (tertiary/aromatic N) is 5. The number of aromatic hydroxyl groups is 1. The molecule has 300 valence electrons. The number of ether oxygens (including phenoxy) is 2. The van der Waals surface area contributed by atoms with E-state index in [1.807, 2.05) is 0 Å². The van der Waals surface area contributed by atoms with E-state index in [1.165, 1.54) is 48.2 Å². The highest BCUT2D eigenvalue weighted by Crippen LogP contribution is 2.56. The van der Waals surface area contributed by atoms with Gasteiger partial charge in [-0.05, 0) is 117 Å². The van der Waals surface area contributed by atoms with Crippen LogP contribution in [0.15, 0.2) is 30.5 Å². The van der Waals surface area contributed by atoms with Crippen LogP contribution in [-0.4, -0.2) is 93.4 Å². The number of β-amino-alcohol motifs (C(OH)–C–C–N with tert-alkyl or cyclic N) is 1. The summed E-state index contributed by atoms with van der Waals surface area (Å²) in [5.41, 5.74) is -2.76. The number of fused-ring (bicyclic) bond motifs is 3. The number of hydrogen-bond donors (Lipinski definition) is 2. The van der Waals surface area contributed by atoms with Gasteiger partial charge in [0.05, 0.1) is 18.5 Å². The SMILES string of the molecule is CCc1c(F)ccc2cc(O)cc(-c3ncc4c(N5CCCC(O)(C(F)(F)F)C5)nc(OCC56CCCC5N(C5CC7(CCOCC7)C5)CCC6)nc4c3F)c12. The second kappa shape index (κ2) is 13.9. The topological polar surface area (TPSA) is 104 Å². The Morgan fingerprint density at radius 2 is 1.75 bits per heavy atom. The van der Waals surface area contributed by atoms with Crippen molar-refractivity contribution in [3.8, 4) is 23.0 Å². The van der Waals surface area contributed by atoms with Crippen LogP contribution in [-0.2, 0) is 11.2 Å². The second-order valence-corrected chi connectivity index (χ2v) is 17.1. The first-order valence-corrected chi connectivity index (χ1v) is 20.1. The first kappa shape index (κ1) is 37.7. The first-order valence-electron chi connectivity index (χ1n) is 20.1. The Morgan fingerprint density at radius 1 is 0.982 bits per heavy atom. The van der Waals surface area contributed by atoms with E-state index in [0.717, 1.165) is 64.7 Å². The second-order valence-electron chi connectivity index (χ2n) is 17.1. The highest BCUT2D eigenvalue weighted by atomic mass is 19.4. The fourth-order valence-electron chi connectivity index (χ4n) is 11.0. The summed E-state index contributed by atoms with van der Waals surface area (Å²) in [5.74, 6) is -1.59. The minimum absolute atomic E-state index is 0.0163. The van der Waals surface area contributed by atoms with E-state index in [1.54, 1.807) is 6.92 Å². The van der Waals surface area contributed by atoms with Crippen molar-refractivity contribution < 1.29 is 41.6 Å². The standard InChI is InChI=1S/C42H48F5N5O4/c1-2-28-31(43)8-7-25-18-27(53)19-29(33(25)28)35-34(44)36-30(22-48-35)37(51-14-5-11-41(54,23-51)42(45,46)47)50-38(49-36)56-24-40-9-3-6-32(40)52(15-4-10-40)26-20-39(21-26)12-16-55-17-13-39/h7-8,18-19,22,26,32,53-54H,2-6,9-17,20-21,23-24H2,1H3. The number of likely N-dealkylation sites (tertiary alicyclic amines) is 1. The number of anilines is 1. The molecule has 5 fully saturated rings. The van der Waals surface area contributed by atoms with E-state index < -0.39 is 36.4 Å². The number of aromatic nitrogens is 3. The van der Waals surface area contributed by atoms with Crippen molar-refractivity contribution in [2.24, 2.45) is 10.8 Å². The molecule has 4 aromatic rings. The Hall–Kier alpha value is -3.88. The number of alkyl halides is 3. The molecular formula is C42H48F5N5O4. The summed E-state index contributed by atoms with van der Waals surface area (Å²) in [7, 11) is 0. The predicted octanol–water partition coefficient (Wildman–Crippen LogP) is 8.26. The van der Waals surface area contributed by atoms with Crippen molar-refractivity contribution in [2.45, 2.75) is 108 Å². The summed E-state index contributed by atoms with van der Waals surface area (Å²) >= 11 is 0. The molecule has 0 amide bonds. The molecule has 2 saturated carbocycles. The quantitative estimate of drug-likeness (QED) is 0.180. The molecule has 3 aliphatic heterocycles. The van der Waals surface area contributed by atoms with Gasteiger partial charge >= 0.3 is 12.2 Å². The fourth-order valence-corrected chi connectivity index (χ4v) is 11.0. The van der Waals surface area contributed by atoms with Crippen LogP contribution in [0.5, 0.6) is 11.8 Å². The monoisotopic (exact) mass is 781 g/mol. The van der Waals surface area contributed by atoms with Crippen LogP contribution in [0, 0.1) is 22.5 Å². The van der Waals surface area contributed by atoms with Crippen LogP contribution in [0.1, 0.15) is 83.1 Å². The summed E-state index contributed by atoms with van der Waals surface area (Å²) in [5, 5.41) is 22.4. The Balaban J connectivity index is 1.10. The Bertz CT molecular complexity index is 2160. The van der Waals surface area contributed by atoms with Gasteiger partial charge in [-0.2, -0.15) is 23.1 Å². The molecule has 56 heavy (non-hydrogen) atoms. The minimum atomic E-state index is -4.90. The number of halogens is 5. The van der Waals surface area contributed by atoms with Crippen LogP contribution in [0.4, 0.5) is 27.8 Å². The van der Waals surface area contributed by atoms with Gasteiger partial charge in [0.2, 0.25) is 0 Å². The van der Waals surface area contributed by atoms with E-state index in [-0.39, 0.29) is 71.1 Å². The Labute approximate surface area is 322 Å². The molecular weight excluding hydrogens is 733 g/mol. The van der Waals surface area contributed by atoms with E-state index in [4.69, 9.17) is 9.47 Å². The maximum Gasteiger partial charge on any atom is 0.418 e. The highest BCUT2D eigenvalue weighted by Gasteiger charge is 2.57. The average molecular weight is 782 g/mol. The molecule has 2 N–H and O–H groups in total. The molecule has 3 atom stereocenters. The molecule has 5 aliphatic rings. The van der Waals surface area contributed by atoms with Crippen LogP contribution >= 0.6 is 0 Å². The summed E-state index contributed by atoms with van der Waals surface area (Å²) in [6.07, 6.45) is 5.81. The van der Waals surface area contributed by atoms with Gasteiger partial charge in [-0.25, -0.2) is 8.78 Å². The summed E-state index contributed by atoms with van der Waals surface area (Å²) in [4.78, 5) is 17.7. The molecule has 3 unspecified atom stereocenters. The largest absolute Gasteiger partial charge is 0.508 e. The van der Waals surface area contributed by atoms with Gasteiger partial charge in [-0.3, -0.25) is 9.88 Å². The van der Waals surface area contributed by atoms with Gasteiger partial charge in [0, 0.05) is 49.0 Å². The van der Waals surface area contributed by atoms with Gasteiger partial charge in [-0.15, -0.1) is 0 Å². The lowest BCUT2D eigenvalue weighted by atomic mass is 9.60. The van der Waals surface area contributed by atoms with Crippen molar-refractivity contribution in [3.05, 3.63) is 47.7 Å². The third-order valence-corrected chi connectivity index (χ3v) is 13.9. The van der Waals surface area contributed by atoms with Gasteiger partial charge in [0.15, 0.2) is 11.4 Å². The lowest BCUT2D eigenvalue weighted by Gasteiger charge is -2.58. The van der Waals surface area contributed by atoms with Crippen molar-refractivity contribution in [2.75, 3.05) is 44.4 Å². The molecule has 2 aliphatic carbocycles. The maximum absolute atomic E-state index is 17.1. The Morgan fingerprint density at radius 3 is 2.52 bits per heavy atom. The van der Waals surface area contributed by atoms with Gasteiger partial charge < -0.3 is 24.6 Å². The van der Waals surface area contributed by atoms with Crippen molar-refractivity contribution in [1.82, 2.24) is 19.9 Å². The highest BCUT2D eigenvalue weighted by molar-refractivity contribution is 6.01. The number of phenolic OH excluding ortho intramolecular Hbond substituents is 1. The van der Waals surface area contributed by atoms with Crippen LogP contribution in [0.25, 0.3) is 32.9 Å². The molecule has 3 saturated heterocycles. The smallest absolute Gasteiger partial charge is 0.418 e. The Kier molecular flexibility index (Phi) is 9.35. The first-order chi connectivity index (χ1) is 26.8. The van der Waals surface area contributed by atoms with Crippen molar-refractivity contribution in [1.29, 1.82) is 0 Å². The molecule has 0 radical (unpaired) electrons. The minimum Gasteiger partial charge on any atom is -0.508 e. The van der Waals surface area contributed by atoms with Crippen LogP contribution < -0.4 is 9.64 Å². The van der Waals surface area contributed by atoms with Crippen molar-refractivity contribution in [3.63, 3.8) is 0 Å². The number of piperidine rings is 2. The summed E-state index contributed by atoms with van der Waals surface area (Å²) in [6.45, 7) is 4.05. The zero-order chi connectivity index (χ0) is 39.0. The van der Waals surface area contributed by atoms with Crippen LogP contribution in [0.2, 0.25) is 0 Å². The number of aryl methyl sites for hydroxylation is 1. The number of phenols is 1. The third-order valence-electron chi connectivity index (χ3n) is 13.9. The lowest BCUT2D eigenvalue weighted by molar-refractivity contribution is -0.261. The van der Waals surface area contributed by atoms with E-state index in [2.05, 4.69) is 19.9 Å². The molecule has 2 aromatic carbocycles. The normalized spacial score (nSPS) is 27.2. The number of rotatable bonds is 7. The molecule has 5 heterocycles. The number of pyridine rings is 1.